The highest BCUT2D eigenvalue weighted by Crippen LogP contribution is 2.28. The third-order valence-electron chi connectivity index (χ3n) is 4.79. The molecule has 0 saturated carbocycles. The fourth-order valence-electron chi connectivity index (χ4n) is 3.29. The molecule has 2 heterocycles. The normalized spacial score (nSPS) is 21.1. The molecule has 1 saturated heterocycles. The molecule has 1 atom stereocenters. The molecule has 1 aromatic rings. The van der Waals surface area contributed by atoms with E-state index in [0.717, 1.165) is 29.7 Å². The van der Waals surface area contributed by atoms with E-state index in [9.17, 15) is 4.79 Å². The van der Waals surface area contributed by atoms with Gasteiger partial charge in [-0.3, -0.25) is 4.79 Å². The first-order chi connectivity index (χ1) is 13.4. The number of carbonyl (C=O) groups excluding carboxylic acids is 1. The van der Waals surface area contributed by atoms with E-state index < -0.39 is 0 Å². The third-order valence-corrected chi connectivity index (χ3v) is 6.20. The minimum absolute atomic E-state index is 0.0893. The first-order valence-corrected chi connectivity index (χ1v) is 11.0. The van der Waals surface area contributed by atoms with Crippen LogP contribution in [0.2, 0.25) is 5.02 Å². The van der Waals surface area contributed by atoms with Gasteiger partial charge in [0.2, 0.25) is 0 Å². The zero-order valence-corrected chi connectivity index (χ0v) is 18.1. The number of piperidine rings is 1. The number of amides is 1. The van der Waals surface area contributed by atoms with Crippen LogP contribution in [0.25, 0.3) is 0 Å². The van der Waals surface area contributed by atoms with Crippen LogP contribution in [0.1, 0.15) is 36.5 Å². The monoisotopic (exact) mass is 436 g/mol. The van der Waals surface area contributed by atoms with E-state index in [1.165, 1.54) is 11.8 Å². The maximum atomic E-state index is 13.3. The minimum Gasteiger partial charge on any atom is -0.346 e. The number of nitrogens with one attached hydrogen (secondary N) is 2. The number of benzene rings is 1. The SMILES string of the molecule is CSc1ccc(Cl)cc1C(=O)N1CCCC[C@H]1C(=N)/C=C1/N=C(Cl)C(C)=CN1. The fourth-order valence-corrected chi connectivity index (χ4v) is 4.17. The summed E-state index contributed by atoms with van der Waals surface area (Å²) in [6, 6.07) is 5.06. The Bertz CT molecular complexity index is 894. The summed E-state index contributed by atoms with van der Waals surface area (Å²) in [6.45, 7) is 2.47. The number of thioether (sulfide) groups is 1. The average molecular weight is 437 g/mol. The number of likely N-dealkylation sites (tertiary alicyclic amines) is 1. The van der Waals surface area contributed by atoms with Gasteiger partial charge in [-0.15, -0.1) is 11.8 Å². The summed E-state index contributed by atoms with van der Waals surface area (Å²) in [6.07, 6.45) is 7.98. The summed E-state index contributed by atoms with van der Waals surface area (Å²) in [5, 5.41) is 12.6. The summed E-state index contributed by atoms with van der Waals surface area (Å²) in [4.78, 5) is 20.2. The molecule has 2 aliphatic rings. The van der Waals surface area contributed by atoms with E-state index >= 15 is 0 Å². The lowest BCUT2D eigenvalue weighted by molar-refractivity contribution is 0.0677. The molecule has 0 bridgehead atoms. The second-order valence-electron chi connectivity index (χ2n) is 6.71. The fraction of sp³-hybridized carbons (Fsp3) is 0.350. The average Bonchev–Trinajstić information content (AvgIpc) is 2.70. The highest BCUT2D eigenvalue weighted by Gasteiger charge is 2.31. The second-order valence-corrected chi connectivity index (χ2v) is 8.36. The largest absolute Gasteiger partial charge is 0.346 e. The molecule has 1 amide bonds. The number of halogens is 2. The van der Waals surface area contributed by atoms with Crippen molar-refractivity contribution in [2.24, 2.45) is 4.99 Å². The van der Waals surface area contributed by atoms with Crippen LogP contribution in [-0.2, 0) is 0 Å². The summed E-state index contributed by atoms with van der Waals surface area (Å²) in [7, 11) is 0. The van der Waals surface area contributed by atoms with Crippen LogP contribution in [0.5, 0.6) is 0 Å². The molecule has 148 valence electrons. The van der Waals surface area contributed by atoms with Gasteiger partial charge in [0, 0.05) is 34.3 Å². The molecule has 8 heteroatoms. The molecule has 0 unspecified atom stereocenters. The van der Waals surface area contributed by atoms with Gasteiger partial charge >= 0.3 is 0 Å². The first-order valence-electron chi connectivity index (χ1n) is 9.03. The van der Waals surface area contributed by atoms with Crippen molar-refractivity contribution in [3.8, 4) is 0 Å². The van der Waals surface area contributed by atoms with Gasteiger partial charge in [0.15, 0.2) is 0 Å². The topological polar surface area (TPSA) is 68.5 Å². The minimum atomic E-state index is -0.301. The quantitative estimate of drug-likeness (QED) is 0.511. The summed E-state index contributed by atoms with van der Waals surface area (Å²) < 4.78 is 0. The maximum Gasteiger partial charge on any atom is 0.255 e. The van der Waals surface area contributed by atoms with Gasteiger partial charge in [-0.05, 0) is 50.6 Å². The predicted octanol–water partition coefficient (Wildman–Crippen LogP) is 5.06. The first kappa shape index (κ1) is 21.0. The van der Waals surface area contributed by atoms with Crippen molar-refractivity contribution in [3.63, 3.8) is 0 Å². The van der Waals surface area contributed by atoms with E-state index in [1.807, 2.05) is 19.2 Å². The van der Waals surface area contributed by atoms with Crippen molar-refractivity contribution in [2.45, 2.75) is 37.1 Å². The van der Waals surface area contributed by atoms with Gasteiger partial charge in [0.05, 0.1) is 17.3 Å². The zero-order chi connectivity index (χ0) is 20.3. The molecule has 5 nitrogen and oxygen atoms in total. The summed E-state index contributed by atoms with van der Waals surface area (Å²) >= 11 is 13.7. The van der Waals surface area contributed by atoms with E-state index in [-0.39, 0.29) is 11.9 Å². The van der Waals surface area contributed by atoms with Crippen LogP contribution in [-0.4, -0.2) is 40.5 Å². The van der Waals surface area contributed by atoms with Crippen molar-refractivity contribution in [1.29, 1.82) is 5.41 Å². The van der Waals surface area contributed by atoms with Gasteiger partial charge in [0.25, 0.3) is 5.91 Å². The number of aliphatic imine (C=N–C) groups is 1. The van der Waals surface area contributed by atoms with Crippen LogP contribution < -0.4 is 5.32 Å². The molecule has 1 aromatic carbocycles. The Hall–Kier alpha value is -1.76. The van der Waals surface area contributed by atoms with Crippen molar-refractivity contribution in [2.75, 3.05) is 12.8 Å². The lowest BCUT2D eigenvalue weighted by Crippen LogP contribution is -2.47. The number of nitrogens with zero attached hydrogens (tertiary/aromatic N) is 2. The van der Waals surface area contributed by atoms with Gasteiger partial charge in [-0.25, -0.2) is 4.99 Å². The highest BCUT2D eigenvalue weighted by molar-refractivity contribution is 7.98. The van der Waals surface area contributed by atoms with Crippen LogP contribution in [0.15, 0.2) is 51.8 Å². The molecular weight excluding hydrogens is 415 g/mol. The molecule has 0 spiro atoms. The van der Waals surface area contributed by atoms with Gasteiger partial charge in [-0.1, -0.05) is 23.2 Å². The molecule has 0 aromatic heterocycles. The molecule has 28 heavy (non-hydrogen) atoms. The highest BCUT2D eigenvalue weighted by atomic mass is 35.5. The van der Waals surface area contributed by atoms with Crippen molar-refractivity contribution < 1.29 is 4.79 Å². The smallest absolute Gasteiger partial charge is 0.255 e. The van der Waals surface area contributed by atoms with Crippen LogP contribution in [0, 0.1) is 5.41 Å². The van der Waals surface area contributed by atoms with E-state index in [4.69, 9.17) is 28.6 Å². The maximum absolute atomic E-state index is 13.3. The standard InChI is InChI=1S/C20H22Cl2N4OS/c1-12-11-24-18(25-19(12)22)10-15(23)16-5-3-4-8-26(16)20(27)14-9-13(21)6-7-17(14)28-2/h6-7,9-11,16,23-24H,3-5,8H2,1-2H3/b18-10+,23-15?/t16-/m0/s1. The zero-order valence-electron chi connectivity index (χ0n) is 15.8. The lowest BCUT2D eigenvalue weighted by atomic mass is 9.96. The van der Waals surface area contributed by atoms with Gasteiger partial charge in [-0.2, -0.15) is 0 Å². The summed E-state index contributed by atoms with van der Waals surface area (Å²) in [5.41, 5.74) is 1.76. The van der Waals surface area contributed by atoms with E-state index in [2.05, 4.69) is 10.3 Å². The Morgan fingerprint density at radius 2 is 2.18 bits per heavy atom. The lowest BCUT2D eigenvalue weighted by Gasteiger charge is -2.36. The predicted molar refractivity (Wildman–Crippen MR) is 118 cm³/mol. The number of hydrogen-bond donors (Lipinski definition) is 2. The van der Waals surface area contributed by atoms with Crippen molar-refractivity contribution in [1.82, 2.24) is 10.2 Å². The number of allylic oxidation sites excluding steroid dienone is 1. The number of rotatable bonds is 4. The van der Waals surface area contributed by atoms with Gasteiger partial charge < -0.3 is 15.6 Å². The second kappa shape index (κ2) is 9.16. The molecule has 3 rings (SSSR count). The molecule has 2 aliphatic heterocycles. The van der Waals surface area contributed by atoms with Crippen LogP contribution in [0.4, 0.5) is 0 Å². The number of hydrogen-bond acceptors (Lipinski definition) is 5. The van der Waals surface area contributed by atoms with Crippen molar-refractivity contribution >= 4 is 51.8 Å². The molecule has 0 aliphatic carbocycles. The van der Waals surface area contributed by atoms with Crippen LogP contribution >= 0.6 is 35.0 Å². The Labute approximate surface area is 179 Å². The molecular formula is C20H22Cl2N4OS. The molecule has 0 radical (unpaired) electrons. The third kappa shape index (κ3) is 4.62. The number of carbonyl (C=O) groups is 1. The molecule has 1 fully saturated rings. The Kier molecular flexibility index (Phi) is 6.86. The van der Waals surface area contributed by atoms with Crippen LogP contribution in [0.3, 0.4) is 0 Å². The Morgan fingerprint density at radius 3 is 2.89 bits per heavy atom. The Balaban J connectivity index is 1.86. The Morgan fingerprint density at radius 1 is 1.39 bits per heavy atom. The van der Waals surface area contributed by atoms with Gasteiger partial charge in [0.1, 0.15) is 11.0 Å². The van der Waals surface area contributed by atoms with E-state index in [1.54, 1.807) is 29.3 Å². The molecule has 2 N–H and O–H groups in total. The van der Waals surface area contributed by atoms with E-state index in [0.29, 0.717) is 33.8 Å². The summed E-state index contributed by atoms with van der Waals surface area (Å²) in [5.74, 6) is 0.416. The van der Waals surface area contributed by atoms with Crippen molar-refractivity contribution in [3.05, 3.63) is 52.5 Å².